The molecular weight excluding hydrogens is 164 g/mol. The van der Waals surface area contributed by atoms with Crippen molar-refractivity contribution in [1.29, 1.82) is 0 Å². The molecular formula is C9H14N4. The fourth-order valence-electron chi connectivity index (χ4n) is 1.39. The van der Waals surface area contributed by atoms with Crippen LogP contribution in [0.5, 0.6) is 0 Å². The minimum absolute atomic E-state index is 0.328. The van der Waals surface area contributed by atoms with Crippen molar-refractivity contribution >= 4 is 11.8 Å². The number of nitrogens with two attached hydrogens (primary N) is 1. The van der Waals surface area contributed by atoms with Gasteiger partial charge in [-0.1, -0.05) is 6.92 Å². The Hall–Kier alpha value is -1.32. The molecule has 1 saturated carbocycles. The quantitative estimate of drug-likeness (QED) is 0.728. The molecule has 1 heterocycles. The van der Waals surface area contributed by atoms with E-state index in [0.29, 0.717) is 5.95 Å². The Morgan fingerprint density at radius 3 is 3.08 bits per heavy atom. The van der Waals surface area contributed by atoms with Gasteiger partial charge in [0.25, 0.3) is 0 Å². The van der Waals surface area contributed by atoms with Crippen LogP contribution >= 0.6 is 0 Å². The summed E-state index contributed by atoms with van der Waals surface area (Å²) in [6.07, 6.45) is 2.99. The van der Waals surface area contributed by atoms with Crippen LogP contribution in [0, 0.1) is 11.8 Å². The molecule has 2 rings (SSSR count). The maximum Gasteiger partial charge on any atom is 0.221 e. The Kier molecular flexibility index (Phi) is 2.04. The second-order valence-electron chi connectivity index (χ2n) is 3.65. The summed E-state index contributed by atoms with van der Waals surface area (Å²) < 4.78 is 0. The lowest BCUT2D eigenvalue weighted by molar-refractivity contribution is 0.784. The fraction of sp³-hybridized carbons (Fsp3) is 0.556. The van der Waals surface area contributed by atoms with Gasteiger partial charge in [-0.05, 0) is 24.3 Å². The number of aromatic nitrogens is 2. The predicted molar refractivity (Wildman–Crippen MR) is 52.2 cm³/mol. The molecule has 0 saturated heterocycles. The molecule has 1 aromatic rings. The van der Waals surface area contributed by atoms with Crippen molar-refractivity contribution in [2.75, 3.05) is 17.6 Å². The van der Waals surface area contributed by atoms with Gasteiger partial charge in [-0.15, -0.1) is 0 Å². The molecule has 70 valence electrons. The Morgan fingerprint density at radius 2 is 2.46 bits per heavy atom. The van der Waals surface area contributed by atoms with Crippen LogP contribution in [0.3, 0.4) is 0 Å². The lowest BCUT2D eigenvalue weighted by atomic mass is 10.3. The molecule has 1 aromatic heterocycles. The molecule has 13 heavy (non-hydrogen) atoms. The standard InChI is InChI=1S/C9H14N4/c1-6-4-7(6)5-12-8-2-3-11-9(10)13-8/h2-3,6-7H,4-5H2,1H3,(H3,10,11,12,13). The first kappa shape index (κ1) is 8.29. The summed E-state index contributed by atoms with van der Waals surface area (Å²) in [5, 5.41) is 3.25. The minimum Gasteiger partial charge on any atom is -0.370 e. The van der Waals surface area contributed by atoms with Gasteiger partial charge in [-0.25, -0.2) is 4.98 Å². The summed E-state index contributed by atoms with van der Waals surface area (Å²) in [6, 6.07) is 1.84. The van der Waals surface area contributed by atoms with E-state index in [4.69, 9.17) is 5.73 Å². The van der Waals surface area contributed by atoms with Crippen LogP contribution < -0.4 is 11.1 Å². The second-order valence-corrected chi connectivity index (χ2v) is 3.65. The van der Waals surface area contributed by atoms with Crippen LogP contribution in [0.2, 0.25) is 0 Å². The van der Waals surface area contributed by atoms with Gasteiger partial charge >= 0.3 is 0 Å². The highest BCUT2D eigenvalue weighted by Gasteiger charge is 2.31. The molecule has 0 aliphatic heterocycles. The van der Waals surface area contributed by atoms with E-state index in [-0.39, 0.29) is 0 Å². The maximum absolute atomic E-state index is 5.45. The molecule has 4 heteroatoms. The van der Waals surface area contributed by atoms with Gasteiger partial charge in [0.15, 0.2) is 0 Å². The molecule has 0 aromatic carbocycles. The van der Waals surface area contributed by atoms with E-state index >= 15 is 0 Å². The number of hydrogen-bond donors (Lipinski definition) is 2. The number of hydrogen-bond acceptors (Lipinski definition) is 4. The van der Waals surface area contributed by atoms with E-state index in [1.807, 2.05) is 6.07 Å². The van der Waals surface area contributed by atoms with Crippen molar-refractivity contribution < 1.29 is 0 Å². The minimum atomic E-state index is 0.328. The van der Waals surface area contributed by atoms with E-state index < -0.39 is 0 Å². The van der Waals surface area contributed by atoms with Gasteiger partial charge in [0.05, 0.1) is 0 Å². The summed E-state index contributed by atoms with van der Waals surface area (Å²) in [4.78, 5) is 7.88. The molecule has 2 atom stereocenters. The third kappa shape index (κ3) is 2.08. The normalized spacial score (nSPS) is 25.6. The lowest BCUT2D eigenvalue weighted by Crippen LogP contribution is -2.07. The van der Waals surface area contributed by atoms with Crippen molar-refractivity contribution in [3.63, 3.8) is 0 Å². The van der Waals surface area contributed by atoms with Crippen LogP contribution in [0.1, 0.15) is 13.3 Å². The molecule has 0 radical (unpaired) electrons. The average Bonchev–Trinajstić information content (AvgIpc) is 2.79. The summed E-state index contributed by atoms with van der Waals surface area (Å²) in [6.45, 7) is 3.26. The zero-order valence-corrected chi connectivity index (χ0v) is 7.70. The summed E-state index contributed by atoms with van der Waals surface area (Å²) >= 11 is 0. The number of anilines is 2. The van der Waals surface area contributed by atoms with Crippen LogP contribution in [0.4, 0.5) is 11.8 Å². The van der Waals surface area contributed by atoms with E-state index in [1.165, 1.54) is 6.42 Å². The van der Waals surface area contributed by atoms with Gasteiger partial charge in [0.1, 0.15) is 5.82 Å². The van der Waals surface area contributed by atoms with E-state index in [2.05, 4.69) is 22.2 Å². The smallest absolute Gasteiger partial charge is 0.221 e. The Balaban J connectivity index is 1.87. The molecule has 0 bridgehead atoms. The maximum atomic E-state index is 5.45. The Labute approximate surface area is 77.6 Å². The van der Waals surface area contributed by atoms with E-state index in [9.17, 15) is 0 Å². The highest BCUT2D eigenvalue weighted by atomic mass is 15.1. The molecule has 2 unspecified atom stereocenters. The van der Waals surface area contributed by atoms with E-state index in [1.54, 1.807) is 6.20 Å². The first-order valence-corrected chi connectivity index (χ1v) is 4.58. The van der Waals surface area contributed by atoms with Gasteiger partial charge < -0.3 is 11.1 Å². The topological polar surface area (TPSA) is 63.8 Å². The summed E-state index contributed by atoms with van der Waals surface area (Å²) in [5.74, 6) is 2.84. The van der Waals surface area contributed by atoms with Crippen LogP contribution in [-0.4, -0.2) is 16.5 Å². The highest BCUT2D eigenvalue weighted by Crippen LogP contribution is 2.37. The molecule has 4 nitrogen and oxygen atoms in total. The molecule has 3 N–H and O–H groups in total. The predicted octanol–water partition coefficient (Wildman–Crippen LogP) is 1.13. The van der Waals surface area contributed by atoms with Crippen molar-refractivity contribution in [2.45, 2.75) is 13.3 Å². The zero-order chi connectivity index (χ0) is 9.26. The Morgan fingerprint density at radius 1 is 1.69 bits per heavy atom. The van der Waals surface area contributed by atoms with Gasteiger partial charge in [0, 0.05) is 12.7 Å². The molecule has 0 spiro atoms. The first-order valence-electron chi connectivity index (χ1n) is 4.58. The Bertz CT molecular complexity index is 299. The van der Waals surface area contributed by atoms with Gasteiger partial charge in [-0.3, -0.25) is 0 Å². The van der Waals surface area contributed by atoms with Crippen LogP contribution in [0.25, 0.3) is 0 Å². The number of rotatable bonds is 3. The molecule has 1 aliphatic rings. The summed E-state index contributed by atoms with van der Waals surface area (Å²) in [5.41, 5.74) is 5.45. The first-order chi connectivity index (χ1) is 6.25. The third-order valence-electron chi connectivity index (χ3n) is 2.50. The van der Waals surface area contributed by atoms with Crippen molar-refractivity contribution in [3.05, 3.63) is 12.3 Å². The highest BCUT2D eigenvalue weighted by molar-refractivity contribution is 5.37. The SMILES string of the molecule is CC1CC1CNc1ccnc(N)n1. The third-order valence-corrected chi connectivity index (χ3v) is 2.50. The van der Waals surface area contributed by atoms with Gasteiger partial charge in [-0.2, -0.15) is 4.98 Å². The van der Waals surface area contributed by atoms with Crippen molar-refractivity contribution in [2.24, 2.45) is 11.8 Å². The van der Waals surface area contributed by atoms with Gasteiger partial charge in [0.2, 0.25) is 5.95 Å². The fourth-order valence-corrected chi connectivity index (χ4v) is 1.39. The monoisotopic (exact) mass is 178 g/mol. The van der Waals surface area contributed by atoms with Crippen molar-refractivity contribution in [3.8, 4) is 0 Å². The average molecular weight is 178 g/mol. The largest absolute Gasteiger partial charge is 0.370 e. The molecule has 0 amide bonds. The van der Waals surface area contributed by atoms with E-state index in [0.717, 1.165) is 24.2 Å². The lowest BCUT2D eigenvalue weighted by Gasteiger charge is -2.03. The molecule has 1 aliphatic carbocycles. The van der Waals surface area contributed by atoms with Crippen molar-refractivity contribution in [1.82, 2.24) is 9.97 Å². The number of nitrogen functional groups attached to an aromatic ring is 1. The molecule has 1 fully saturated rings. The number of nitrogens with zero attached hydrogens (tertiary/aromatic N) is 2. The number of nitrogens with one attached hydrogen (secondary N) is 1. The second kappa shape index (κ2) is 3.20. The van der Waals surface area contributed by atoms with Crippen LogP contribution in [0.15, 0.2) is 12.3 Å². The summed E-state index contributed by atoms with van der Waals surface area (Å²) in [7, 11) is 0. The van der Waals surface area contributed by atoms with Crippen LogP contribution in [-0.2, 0) is 0 Å². The zero-order valence-electron chi connectivity index (χ0n) is 7.70.